The Morgan fingerprint density at radius 3 is 2.36 bits per heavy atom. The van der Waals surface area contributed by atoms with Gasteiger partial charge in [-0.2, -0.15) is 0 Å². The van der Waals surface area contributed by atoms with Gasteiger partial charge in [-0.3, -0.25) is 0 Å². The number of methoxy groups -OCH3 is 1. The fourth-order valence-electron chi connectivity index (χ4n) is 2.16. The van der Waals surface area contributed by atoms with Gasteiger partial charge in [-0.05, 0) is 66.8 Å². The molecule has 6 heteroatoms. The molecule has 1 aliphatic rings. The van der Waals surface area contributed by atoms with E-state index < -0.39 is 18.3 Å². The predicted molar refractivity (Wildman–Crippen MR) is 91.8 cm³/mol. The normalized spacial score (nSPS) is 20.3. The monoisotopic (exact) mass is 368 g/mol. The number of halogens is 1. The lowest BCUT2D eigenvalue weighted by Gasteiger charge is -2.32. The number of hydrogen-bond donors (Lipinski definition) is 1. The van der Waals surface area contributed by atoms with Gasteiger partial charge in [0.25, 0.3) is 0 Å². The second kappa shape index (κ2) is 6.36. The van der Waals surface area contributed by atoms with Crippen molar-refractivity contribution in [3.05, 3.63) is 33.7 Å². The van der Waals surface area contributed by atoms with Crippen LogP contribution in [0.5, 0.6) is 5.75 Å². The quantitative estimate of drug-likeness (QED) is 0.826. The van der Waals surface area contributed by atoms with Crippen molar-refractivity contribution in [2.45, 2.75) is 38.9 Å². The summed E-state index contributed by atoms with van der Waals surface area (Å²) in [5, 5.41) is 9.70. The summed E-state index contributed by atoms with van der Waals surface area (Å²) in [5.74, 6) is 0.736. The zero-order valence-electron chi connectivity index (χ0n) is 13.6. The summed E-state index contributed by atoms with van der Waals surface area (Å²) in [6.45, 7) is 7.83. The maximum atomic E-state index is 9.70. The van der Waals surface area contributed by atoms with Crippen molar-refractivity contribution < 1.29 is 19.2 Å². The summed E-state index contributed by atoms with van der Waals surface area (Å²) < 4.78 is 18.1. The summed E-state index contributed by atoms with van der Waals surface area (Å²) in [4.78, 5) is 0. The van der Waals surface area contributed by atoms with Gasteiger partial charge in [0, 0.05) is 0 Å². The number of benzene rings is 1. The highest BCUT2D eigenvalue weighted by Crippen LogP contribution is 2.39. The lowest BCUT2D eigenvalue weighted by Crippen LogP contribution is -2.41. The number of aliphatic hydroxyl groups is 1. The average Bonchev–Trinajstić information content (AvgIpc) is 2.66. The maximum absolute atomic E-state index is 9.70. The van der Waals surface area contributed by atoms with Gasteiger partial charge in [0.1, 0.15) is 5.75 Å². The second-order valence-electron chi connectivity index (χ2n) is 6.36. The second-order valence-corrected chi connectivity index (χ2v) is 7.21. The molecule has 1 aromatic rings. The first-order valence-corrected chi connectivity index (χ1v) is 8.00. The molecular formula is C16H22BBrO4. The van der Waals surface area contributed by atoms with Crippen LogP contribution in [-0.2, 0) is 9.31 Å². The van der Waals surface area contributed by atoms with Crippen LogP contribution in [0.15, 0.2) is 28.1 Å². The lowest BCUT2D eigenvalue weighted by atomic mass is 9.77. The Kier molecular flexibility index (Phi) is 5.07. The number of ether oxygens (including phenoxy) is 1. The van der Waals surface area contributed by atoms with Crippen LogP contribution < -0.4 is 4.74 Å². The Morgan fingerprint density at radius 1 is 1.27 bits per heavy atom. The number of aliphatic hydroxyl groups excluding tert-OH is 1. The molecule has 2 rings (SSSR count). The molecule has 1 aromatic carbocycles. The SMILES string of the molecule is COc1cc(C=C(CO)B2OC(C)(C)C(C)(C)O2)ccc1Br. The van der Waals surface area contributed by atoms with E-state index >= 15 is 0 Å². The van der Waals surface area contributed by atoms with E-state index in [0.29, 0.717) is 5.47 Å². The van der Waals surface area contributed by atoms with Gasteiger partial charge in [-0.1, -0.05) is 12.1 Å². The number of hydrogen-bond acceptors (Lipinski definition) is 4. The summed E-state index contributed by atoms with van der Waals surface area (Å²) in [6, 6.07) is 5.74. The van der Waals surface area contributed by atoms with E-state index in [1.807, 2.05) is 52.0 Å². The molecule has 1 N–H and O–H groups in total. The molecule has 1 aliphatic heterocycles. The fourth-order valence-corrected chi connectivity index (χ4v) is 2.57. The lowest BCUT2D eigenvalue weighted by molar-refractivity contribution is 0.00578. The van der Waals surface area contributed by atoms with Crippen LogP contribution in [-0.4, -0.2) is 37.1 Å². The van der Waals surface area contributed by atoms with Crippen molar-refractivity contribution in [2.75, 3.05) is 13.7 Å². The Morgan fingerprint density at radius 2 is 1.86 bits per heavy atom. The molecule has 0 spiro atoms. The van der Waals surface area contributed by atoms with Crippen LogP contribution in [0, 0.1) is 0 Å². The van der Waals surface area contributed by atoms with Gasteiger partial charge in [0.15, 0.2) is 0 Å². The van der Waals surface area contributed by atoms with E-state index in [4.69, 9.17) is 14.0 Å². The molecule has 0 amide bonds. The third-order valence-electron chi connectivity index (χ3n) is 4.27. The minimum atomic E-state index is -0.551. The standard InChI is InChI=1S/C16H22BBrO4/c1-15(2)16(3,4)22-17(21-15)12(10-19)8-11-6-7-13(18)14(9-11)20-5/h6-9,19H,10H2,1-5H3. The van der Waals surface area contributed by atoms with Gasteiger partial charge in [0.2, 0.25) is 0 Å². The molecule has 0 atom stereocenters. The molecule has 0 aliphatic carbocycles. The van der Waals surface area contributed by atoms with Gasteiger partial charge < -0.3 is 19.2 Å². The Hall–Kier alpha value is -0.815. The van der Waals surface area contributed by atoms with Crippen LogP contribution in [0.2, 0.25) is 0 Å². The first kappa shape index (κ1) is 17.5. The minimum absolute atomic E-state index is 0.130. The summed E-state index contributed by atoms with van der Waals surface area (Å²) in [7, 11) is 1.07. The van der Waals surface area contributed by atoms with E-state index in [9.17, 15) is 5.11 Å². The topological polar surface area (TPSA) is 47.9 Å². The molecule has 0 saturated carbocycles. The Bertz CT molecular complexity index is 568. The third-order valence-corrected chi connectivity index (χ3v) is 4.92. The largest absolute Gasteiger partial charge is 0.496 e. The van der Waals surface area contributed by atoms with E-state index in [1.165, 1.54) is 0 Å². The molecule has 0 aromatic heterocycles. The highest BCUT2D eigenvalue weighted by Gasteiger charge is 2.52. The third kappa shape index (κ3) is 3.40. The van der Waals surface area contributed by atoms with Crippen LogP contribution in [0.1, 0.15) is 33.3 Å². The van der Waals surface area contributed by atoms with Gasteiger partial charge >= 0.3 is 7.12 Å². The summed E-state index contributed by atoms with van der Waals surface area (Å²) in [5.41, 5.74) is 0.744. The zero-order valence-corrected chi connectivity index (χ0v) is 15.2. The molecule has 0 bridgehead atoms. The van der Waals surface area contributed by atoms with Crippen molar-refractivity contribution in [1.29, 1.82) is 0 Å². The fraction of sp³-hybridized carbons (Fsp3) is 0.500. The zero-order chi connectivity index (χ0) is 16.5. The number of rotatable bonds is 4. The first-order valence-electron chi connectivity index (χ1n) is 7.20. The Labute approximate surface area is 140 Å². The van der Waals surface area contributed by atoms with Crippen LogP contribution >= 0.6 is 15.9 Å². The van der Waals surface area contributed by atoms with Crippen LogP contribution in [0.4, 0.5) is 0 Å². The molecular weight excluding hydrogens is 347 g/mol. The molecule has 1 fully saturated rings. The molecule has 22 heavy (non-hydrogen) atoms. The minimum Gasteiger partial charge on any atom is -0.496 e. The van der Waals surface area contributed by atoms with Gasteiger partial charge in [-0.25, -0.2) is 0 Å². The average molecular weight is 369 g/mol. The van der Waals surface area contributed by atoms with Crippen molar-refractivity contribution in [3.63, 3.8) is 0 Å². The van der Waals surface area contributed by atoms with E-state index in [0.717, 1.165) is 15.8 Å². The first-order chi connectivity index (χ1) is 10.2. The predicted octanol–water partition coefficient (Wildman–Crippen LogP) is 3.46. The molecule has 1 heterocycles. The highest BCUT2D eigenvalue weighted by molar-refractivity contribution is 9.10. The van der Waals surface area contributed by atoms with Gasteiger partial charge in [0.05, 0.1) is 29.4 Å². The van der Waals surface area contributed by atoms with Crippen LogP contribution in [0.25, 0.3) is 6.08 Å². The van der Waals surface area contributed by atoms with E-state index in [2.05, 4.69) is 15.9 Å². The van der Waals surface area contributed by atoms with Crippen LogP contribution in [0.3, 0.4) is 0 Å². The van der Waals surface area contributed by atoms with Crippen molar-refractivity contribution >= 4 is 29.1 Å². The molecule has 0 unspecified atom stereocenters. The molecule has 1 saturated heterocycles. The molecule has 120 valence electrons. The van der Waals surface area contributed by atoms with E-state index in [-0.39, 0.29) is 6.61 Å². The summed E-state index contributed by atoms with van der Waals surface area (Å²) in [6.07, 6.45) is 1.87. The maximum Gasteiger partial charge on any atom is 0.492 e. The molecule has 0 radical (unpaired) electrons. The smallest absolute Gasteiger partial charge is 0.492 e. The molecule has 4 nitrogen and oxygen atoms in total. The van der Waals surface area contributed by atoms with Crippen molar-refractivity contribution in [3.8, 4) is 5.75 Å². The van der Waals surface area contributed by atoms with Gasteiger partial charge in [-0.15, -0.1) is 0 Å². The van der Waals surface area contributed by atoms with E-state index in [1.54, 1.807) is 7.11 Å². The van der Waals surface area contributed by atoms with Crippen molar-refractivity contribution in [1.82, 2.24) is 0 Å². The highest BCUT2D eigenvalue weighted by atomic mass is 79.9. The van der Waals surface area contributed by atoms with Crippen molar-refractivity contribution in [2.24, 2.45) is 0 Å². The summed E-state index contributed by atoms with van der Waals surface area (Å²) >= 11 is 3.43. The Balaban J connectivity index is 2.29.